The standard InChI is InChI=1S/C22H28N2O2/c1-4-26-16-11-12-20-19(14-16)17(9-5-6-13-23)21(24-20)18-10-7-8-15(2)22(18)25-3/h7-8,10-12,14,24H,4-6,9,13,23H2,1-3H3. The van der Waals surface area contributed by atoms with Gasteiger partial charge in [-0.2, -0.15) is 0 Å². The number of hydrogen-bond acceptors (Lipinski definition) is 3. The van der Waals surface area contributed by atoms with Gasteiger partial charge in [0.15, 0.2) is 0 Å². The summed E-state index contributed by atoms with van der Waals surface area (Å²) in [7, 11) is 1.73. The summed E-state index contributed by atoms with van der Waals surface area (Å²) in [5.74, 6) is 1.82. The monoisotopic (exact) mass is 352 g/mol. The van der Waals surface area contributed by atoms with E-state index in [2.05, 4.69) is 42.2 Å². The van der Waals surface area contributed by atoms with Crippen molar-refractivity contribution in [1.82, 2.24) is 4.98 Å². The molecule has 138 valence electrons. The zero-order valence-corrected chi connectivity index (χ0v) is 15.9. The second-order valence-corrected chi connectivity index (χ2v) is 6.52. The van der Waals surface area contributed by atoms with Crippen molar-refractivity contribution in [3.8, 4) is 22.8 Å². The molecule has 1 aromatic heterocycles. The number of aromatic amines is 1. The van der Waals surface area contributed by atoms with Crippen LogP contribution in [0.3, 0.4) is 0 Å². The molecule has 4 heteroatoms. The number of methoxy groups -OCH3 is 1. The highest BCUT2D eigenvalue weighted by Crippen LogP contribution is 2.39. The number of benzene rings is 2. The molecule has 0 aliphatic heterocycles. The van der Waals surface area contributed by atoms with Crippen molar-refractivity contribution in [3.63, 3.8) is 0 Å². The smallest absolute Gasteiger partial charge is 0.131 e. The van der Waals surface area contributed by atoms with Crippen LogP contribution in [0.5, 0.6) is 11.5 Å². The summed E-state index contributed by atoms with van der Waals surface area (Å²) in [6.07, 6.45) is 3.05. The highest BCUT2D eigenvalue weighted by molar-refractivity contribution is 5.93. The Morgan fingerprint density at radius 2 is 1.96 bits per heavy atom. The van der Waals surface area contributed by atoms with E-state index in [1.165, 1.54) is 10.9 Å². The van der Waals surface area contributed by atoms with Gasteiger partial charge in [-0.25, -0.2) is 0 Å². The van der Waals surface area contributed by atoms with Crippen molar-refractivity contribution in [3.05, 3.63) is 47.5 Å². The summed E-state index contributed by atoms with van der Waals surface area (Å²) in [5.41, 5.74) is 11.5. The lowest BCUT2D eigenvalue weighted by molar-refractivity contribution is 0.340. The first-order valence-corrected chi connectivity index (χ1v) is 9.31. The van der Waals surface area contributed by atoms with E-state index < -0.39 is 0 Å². The molecule has 2 aromatic carbocycles. The minimum absolute atomic E-state index is 0.664. The van der Waals surface area contributed by atoms with Crippen LogP contribution in [-0.4, -0.2) is 25.2 Å². The van der Waals surface area contributed by atoms with Gasteiger partial charge in [-0.05, 0) is 75.0 Å². The number of hydrogen-bond donors (Lipinski definition) is 2. The van der Waals surface area contributed by atoms with Crippen LogP contribution in [0, 0.1) is 6.92 Å². The van der Waals surface area contributed by atoms with Crippen LogP contribution >= 0.6 is 0 Å². The Balaban J connectivity index is 2.17. The van der Waals surface area contributed by atoms with Gasteiger partial charge in [0.25, 0.3) is 0 Å². The van der Waals surface area contributed by atoms with Crippen molar-refractivity contribution in [2.24, 2.45) is 5.73 Å². The number of nitrogens with two attached hydrogens (primary N) is 1. The Bertz CT molecular complexity index is 883. The molecule has 0 saturated carbocycles. The minimum Gasteiger partial charge on any atom is -0.496 e. The third-order valence-electron chi connectivity index (χ3n) is 4.75. The molecule has 0 aliphatic rings. The van der Waals surface area contributed by atoms with Crippen LogP contribution in [0.15, 0.2) is 36.4 Å². The molecule has 3 rings (SSSR count). The molecule has 26 heavy (non-hydrogen) atoms. The summed E-state index contributed by atoms with van der Waals surface area (Å²) in [6, 6.07) is 12.5. The zero-order valence-electron chi connectivity index (χ0n) is 15.9. The molecule has 0 spiro atoms. The molecule has 0 unspecified atom stereocenters. The molecule has 0 radical (unpaired) electrons. The fourth-order valence-corrected chi connectivity index (χ4v) is 3.54. The summed E-state index contributed by atoms with van der Waals surface area (Å²) in [4.78, 5) is 3.61. The minimum atomic E-state index is 0.664. The maximum absolute atomic E-state index is 5.72. The SMILES string of the molecule is CCOc1ccc2[nH]c(-c3cccc(C)c3OC)c(CCCCN)c2c1. The van der Waals surface area contributed by atoms with Crippen LogP contribution in [0.4, 0.5) is 0 Å². The lowest BCUT2D eigenvalue weighted by atomic mass is 9.98. The topological polar surface area (TPSA) is 60.3 Å². The largest absolute Gasteiger partial charge is 0.496 e. The number of H-pyrrole nitrogens is 1. The molecule has 4 nitrogen and oxygen atoms in total. The van der Waals surface area contributed by atoms with Crippen LogP contribution < -0.4 is 15.2 Å². The summed E-state index contributed by atoms with van der Waals surface area (Å²) in [6.45, 7) is 5.46. The van der Waals surface area contributed by atoms with Crippen molar-refractivity contribution in [2.45, 2.75) is 33.1 Å². The molecule has 3 aromatic rings. The maximum atomic E-state index is 5.72. The first-order valence-electron chi connectivity index (χ1n) is 9.31. The fraction of sp³-hybridized carbons (Fsp3) is 0.364. The number of aromatic nitrogens is 1. The van der Waals surface area contributed by atoms with Crippen LogP contribution in [0.25, 0.3) is 22.2 Å². The van der Waals surface area contributed by atoms with Crippen molar-refractivity contribution in [2.75, 3.05) is 20.3 Å². The third-order valence-corrected chi connectivity index (χ3v) is 4.75. The van der Waals surface area contributed by atoms with E-state index >= 15 is 0 Å². The number of fused-ring (bicyclic) bond motifs is 1. The van der Waals surface area contributed by atoms with E-state index in [9.17, 15) is 0 Å². The van der Waals surface area contributed by atoms with Crippen molar-refractivity contribution >= 4 is 10.9 Å². The third kappa shape index (κ3) is 3.56. The van der Waals surface area contributed by atoms with Crippen LogP contribution in [0.1, 0.15) is 30.9 Å². The average molecular weight is 352 g/mol. The van der Waals surface area contributed by atoms with Gasteiger partial charge >= 0.3 is 0 Å². The van der Waals surface area contributed by atoms with Gasteiger partial charge in [0.05, 0.1) is 19.4 Å². The molecule has 0 atom stereocenters. The number of nitrogens with one attached hydrogen (secondary N) is 1. The molecular formula is C22H28N2O2. The fourth-order valence-electron chi connectivity index (χ4n) is 3.54. The Labute approximate surface area is 155 Å². The van der Waals surface area contributed by atoms with E-state index in [1.807, 2.05) is 13.0 Å². The Morgan fingerprint density at radius 3 is 2.69 bits per heavy atom. The first kappa shape index (κ1) is 18.3. The summed E-state index contributed by atoms with van der Waals surface area (Å²) >= 11 is 0. The quantitative estimate of drug-likeness (QED) is 0.571. The average Bonchev–Trinajstić information content (AvgIpc) is 3.00. The highest BCUT2D eigenvalue weighted by atomic mass is 16.5. The number of ether oxygens (including phenoxy) is 2. The van der Waals surface area contributed by atoms with Gasteiger partial charge in [0.2, 0.25) is 0 Å². The highest BCUT2D eigenvalue weighted by Gasteiger charge is 2.17. The van der Waals surface area contributed by atoms with Gasteiger partial charge in [-0.1, -0.05) is 12.1 Å². The van der Waals surface area contributed by atoms with Crippen molar-refractivity contribution < 1.29 is 9.47 Å². The maximum Gasteiger partial charge on any atom is 0.131 e. The Hall–Kier alpha value is -2.46. The Kier molecular flexibility index (Phi) is 5.84. The predicted octanol–water partition coefficient (Wildman–Crippen LogP) is 4.83. The van der Waals surface area contributed by atoms with E-state index in [4.69, 9.17) is 15.2 Å². The number of aryl methyl sites for hydroxylation is 2. The second kappa shape index (κ2) is 8.28. The van der Waals surface area contributed by atoms with Gasteiger partial charge in [-0.15, -0.1) is 0 Å². The Morgan fingerprint density at radius 1 is 1.12 bits per heavy atom. The molecule has 0 fully saturated rings. The molecule has 1 heterocycles. The molecule has 0 bridgehead atoms. The van der Waals surface area contributed by atoms with Crippen LogP contribution in [-0.2, 0) is 6.42 Å². The molecule has 0 saturated heterocycles. The number of unbranched alkanes of at least 4 members (excludes halogenated alkanes) is 1. The van der Waals surface area contributed by atoms with E-state index in [1.54, 1.807) is 7.11 Å². The van der Waals surface area contributed by atoms with Gasteiger partial charge in [-0.3, -0.25) is 0 Å². The van der Waals surface area contributed by atoms with Crippen molar-refractivity contribution in [1.29, 1.82) is 0 Å². The van der Waals surface area contributed by atoms with Crippen LogP contribution in [0.2, 0.25) is 0 Å². The lowest BCUT2D eigenvalue weighted by Crippen LogP contribution is -2.00. The molecule has 0 amide bonds. The first-order chi connectivity index (χ1) is 12.7. The van der Waals surface area contributed by atoms with Gasteiger partial charge in [0, 0.05) is 16.5 Å². The van der Waals surface area contributed by atoms with E-state index in [0.29, 0.717) is 6.61 Å². The normalized spacial score (nSPS) is 11.1. The predicted molar refractivity (Wildman–Crippen MR) is 108 cm³/mol. The molecular weight excluding hydrogens is 324 g/mol. The lowest BCUT2D eigenvalue weighted by Gasteiger charge is -2.12. The zero-order chi connectivity index (χ0) is 18.5. The molecule has 0 aliphatic carbocycles. The van der Waals surface area contributed by atoms with E-state index in [-0.39, 0.29) is 0 Å². The van der Waals surface area contributed by atoms with Gasteiger partial charge in [0.1, 0.15) is 11.5 Å². The number of rotatable bonds is 8. The summed E-state index contributed by atoms with van der Waals surface area (Å²) < 4.78 is 11.4. The number of para-hydroxylation sites is 1. The molecule has 3 N–H and O–H groups in total. The second-order valence-electron chi connectivity index (χ2n) is 6.52. The summed E-state index contributed by atoms with van der Waals surface area (Å²) in [5, 5.41) is 1.21. The van der Waals surface area contributed by atoms with E-state index in [0.717, 1.165) is 59.6 Å². The van der Waals surface area contributed by atoms with Gasteiger partial charge < -0.3 is 20.2 Å².